The Balaban J connectivity index is 1.80. The van der Waals surface area contributed by atoms with E-state index in [1.54, 1.807) is 54.1 Å². The number of pyridine rings is 1. The van der Waals surface area contributed by atoms with Crippen molar-refractivity contribution >= 4 is 29.0 Å². The minimum Gasteiger partial charge on any atom is -0.497 e. The molecule has 144 valence electrons. The predicted octanol–water partition coefficient (Wildman–Crippen LogP) is 4.51. The van der Waals surface area contributed by atoms with Crippen molar-refractivity contribution in [1.29, 1.82) is 0 Å². The summed E-state index contributed by atoms with van der Waals surface area (Å²) in [6.45, 7) is 2.15. The molecule has 3 aromatic rings. The van der Waals surface area contributed by atoms with Crippen LogP contribution in [0.5, 0.6) is 5.75 Å². The largest absolute Gasteiger partial charge is 0.497 e. The van der Waals surface area contributed by atoms with E-state index in [-0.39, 0.29) is 11.2 Å². The van der Waals surface area contributed by atoms with E-state index >= 15 is 0 Å². The molecule has 0 aliphatic rings. The van der Waals surface area contributed by atoms with Crippen molar-refractivity contribution in [2.45, 2.75) is 13.5 Å². The molecule has 1 heterocycles. The van der Waals surface area contributed by atoms with Gasteiger partial charge in [-0.25, -0.2) is 4.79 Å². The quantitative estimate of drug-likeness (QED) is 0.665. The van der Waals surface area contributed by atoms with Crippen molar-refractivity contribution in [1.82, 2.24) is 4.57 Å². The molecular formula is C21H20ClN3O3. The van der Waals surface area contributed by atoms with Crippen LogP contribution in [0, 0.1) is 6.92 Å². The molecule has 7 heteroatoms. The van der Waals surface area contributed by atoms with Crippen LogP contribution in [0.15, 0.2) is 65.5 Å². The summed E-state index contributed by atoms with van der Waals surface area (Å²) in [7, 11) is 1.55. The molecule has 0 fully saturated rings. The first kappa shape index (κ1) is 19.5. The fraction of sp³-hybridized carbons (Fsp3) is 0.143. The van der Waals surface area contributed by atoms with Crippen molar-refractivity contribution in [3.63, 3.8) is 0 Å². The van der Waals surface area contributed by atoms with Crippen molar-refractivity contribution in [2.75, 3.05) is 17.7 Å². The van der Waals surface area contributed by atoms with Crippen molar-refractivity contribution in [3.8, 4) is 5.75 Å². The van der Waals surface area contributed by atoms with Crippen LogP contribution in [-0.4, -0.2) is 17.7 Å². The van der Waals surface area contributed by atoms with Crippen LogP contribution in [0.3, 0.4) is 0 Å². The van der Waals surface area contributed by atoms with Gasteiger partial charge in [0.25, 0.3) is 5.56 Å². The zero-order chi connectivity index (χ0) is 20.1. The highest BCUT2D eigenvalue weighted by Crippen LogP contribution is 2.18. The van der Waals surface area contributed by atoms with E-state index in [9.17, 15) is 9.59 Å². The van der Waals surface area contributed by atoms with Gasteiger partial charge in [-0.2, -0.15) is 0 Å². The van der Waals surface area contributed by atoms with Gasteiger partial charge in [-0.05, 0) is 42.8 Å². The molecule has 0 radical (unpaired) electrons. The van der Waals surface area contributed by atoms with Gasteiger partial charge >= 0.3 is 6.03 Å². The first-order valence-corrected chi connectivity index (χ1v) is 9.01. The van der Waals surface area contributed by atoms with Gasteiger partial charge in [0.1, 0.15) is 11.4 Å². The maximum atomic E-state index is 12.9. The predicted molar refractivity (Wildman–Crippen MR) is 112 cm³/mol. The minimum absolute atomic E-state index is 0.179. The molecular weight excluding hydrogens is 378 g/mol. The Morgan fingerprint density at radius 1 is 1.07 bits per heavy atom. The van der Waals surface area contributed by atoms with Gasteiger partial charge in [0.15, 0.2) is 0 Å². The maximum Gasteiger partial charge on any atom is 0.323 e. The van der Waals surface area contributed by atoms with Gasteiger partial charge in [-0.3, -0.25) is 4.79 Å². The number of hydrogen-bond acceptors (Lipinski definition) is 3. The zero-order valence-corrected chi connectivity index (χ0v) is 16.3. The average molecular weight is 398 g/mol. The second-order valence-corrected chi connectivity index (χ2v) is 6.59. The van der Waals surface area contributed by atoms with Gasteiger partial charge in [0.2, 0.25) is 0 Å². The fourth-order valence-electron chi connectivity index (χ4n) is 2.74. The summed E-state index contributed by atoms with van der Waals surface area (Å²) < 4.78 is 6.70. The van der Waals surface area contributed by atoms with Gasteiger partial charge in [-0.15, -0.1) is 0 Å². The number of nitrogens with one attached hydrogen (secondary N) is 2. The van der Waals surface area contributed by atoms with Crippen molar-refractivity contribution < 1.29 is 9.53 Å². The van der Waals surface area contributed by atoms with Crippen LogP contribution in [0.25, 0.3) is 0 Å². The molecule has 2 amide bonds. The summed E-state index contributed by atoms with van der Waals surface area (Å²) in [6, 6.07) is 17.1. The highest BCUT2D eigenvalue weighted by atomic mass is 35.5. The Hall–Kier alpha value is -3.25. The number of carbonyl (C=O) groups is 1. The molecule has 1 aromatic heterocycles. The molecule has 0 bridgehead atoms. The van der Waals surface area contributed by atoms with Gasteiger partial charge in [0.05, 0.1) is 13.7 Å². The van der Waals surface area contributed by atoms with Crippen LogP contribution in [-0.2, 0) is 6.54 Å². The molecule has 0 unspecified atom stereocenters. The minimum atomic E-state index is -0.515. The molecule has 0 saturated carbocycles. The molecule has 0 spiro atoms. The summed E-state index contributed by atoms with van der Waals surface area (Å²) in [6.07, 6.45) is 0. The van der Waals surface area contributed by atoms with Gasteiger partial charge < -0.3 is 19.9 Å². The van der Waals surface area contributed by atoms with Crippen LogP contribution < -0.4 is 20.9 Å². The number of anilines is 2. The van der Waals surface area contributed by atoms with E-state index in [2.05, 4.69) is 10.6 Å². The normalized spacial score (nSPS) is 10.4. The molecule has 2 N–H and O–H groups in total. The number of nitrogens with zero attached hydrogens (tertiary/aromatic N) is 1. The number of hydrogen-bond donors (Lipinski definition) is 2. The molecule has 0 atom stereocenters. The maximum absolute atomic E-state index is 12.9. The van der Waals surface area contributed by atoms with Crippen molar-refractivity contribution in [3.05, 3.63) is 87.3 Å². The zero-order valence-electron chi connectivity index (χ0n) is 15.5. The lowest BCUT2D eigenvalue weighted by Crippen LogP contribution is -2.29. The van der Waals surface area contributed by atoms with Gasteiger partial charge in [-0.1, -0.05) is 35.9 Å². The lowest BCUT2D eigenvalue weighted by Gasteiger charge is -2.14. The fourth-order valence-corrected chi connectivity index (χ4v) is 2.94. The molecule has 0 aliphatic carbocycles. The molecule has 2 aromatic carbocycles. The van der Waals surface area contributed by atoms with E-state index in [0.29, 0.717) is 23.0 Å². The lowest BCUT2D eigenvalue weighted by atomic mass is 10.2. The molecule has 6 nitrogen and oxygen atoms in total. The Morgan fingerprint density at radius 2 is 1.86 bits per heavy atom. The number of aromatic nitrogens is 1. The third-order valence-electron chi connectivity index (χ3n) is 4.25. The van der Waals surface area contributed by atoms with Gasteiger partial charge in [0, 0.05) is 22.5 Å². The summed E-state index contributed by atoms with van der Waals surface area (Å²) in [5, 5.41) is 5.88. The molecule has 0 saturated heterocycles. The summed E-state index contributed by atoms with van der Waals surface area (Å²) in [5.41, 5.74) is 2.02. The van der Waals surface area contributed by atoms with Crippen LogP contribution in [0.2, 0.25) is 5.02 Å². The number of urea groups is 1. The Bertz CT molecular complexity index is 1060. The van der Waals surface area contributed by atoms with E-state index in [1.165, 1.54) is 0 Å². The third-order valence-corrected chi connectivity index (χ3v) is 4.62. The average Bonchev–Trinajstić information content (AvgIpc) is 2.69. The van der Waals surface area contributed by atoms with Crippen LogP contribution in [0.4, 0.5) is 16.2 Å². The Labute approximate surface area is 167 Å². The van der Waals surface area contributed by atoms with E-state index in [0.717, 1.165) is 11.3 Å². The number of amides is 2. The number of aryl methyl sites for hydroxylation is 1. The third kappa shape index (κ3) is 4.53. The summed E-state index contributed by atoms with van der Waals surface area (Å²) in [4.78, 5) is 25.2. The summed E-state index contributed by atoms with van der Waals surface area (Å²) in [5.74, 6) is 0.621. The first-order chi connectivity index (χ1) is 13.5. The number of ether oxygens (including phenoxy) is 1. The van der Waals surface area contributed by atoms with E-state index in [1.807, 2.05) is 25.1 Å². The van der Waals surface area contributed by atoms with Crippen molar-refractivity contribution in [2.24, 2.45) is 0 Å². The highest BCUT2D eigenvalue weighted by Gasteiger charge is 2.11. The molecule has 28 heavy (non-hydrogen) atoms. The Morgan fingerprint density at radius 3 is 2.61 bits per heavy atom. The smallest absolute Gasteiger partial charge is 0.323 e. The number of methoxy groups -OCH3 is 1. The van der Waals surface area contributed by atoms with E-state index in [4.69, 9.17) is 16.3 Å². The second kappa shape index (κ2) is 8.63. The standard InChI is InChI=1S/C21H20ClN3O3/c1-14-10-11-19(20(26)25(14)13-15-6-3-4-9-18(15)22)24-21(27)23-16-7-5-8-17(12-16)28-2/h3-12H,13H2,1-2H3,(H2,23,24,27). The van der Waals surface area contributed by atoms with E-state index < -0.39 is 6.03 Å². The second-order valence-electron chi connectivity index (χ2n) is 6.18. The lowest BCUT2D eigenvalue weighted by molar-refractivity contribution is 0.262. The number of rotatable bonds is 5. The van der Waals surface area contributed by atoms with Crippen LogP contribution >= 0.6 is 11.6 Å². The SMILES string of the molecule is COc1cccc(NC(=O)Nc2ccc(C)n(Cc3ccccc3Cl)c2=O)c1. The monoisotopic (exact) mass is 397 g/mol. The molecule has 0 aliphatic heterocycles. The number of benzene rings is 2. The van der Waals surface area contributed by atoms with Crippen LogP contribution in [0.1, 0.15) is 11.3 Å². The highest BCUT2D eigenvalue weighted by molar-refractivity contribution is 6.31. The molecule has 3 rings (SSSR count). The summed E-state index contributed by atoms with van der Waals surface area (Å²) >= 11 is 6.21. The topological polar surface area (TPSA) is 72.4 Å². The number of halogens is 1. The first-order valence-electron chi connectivity index (χ1n) is 8.64. The Kier molecular flexibility index (Phi) is 6.01. The number of carbonyl (C=O) groups excluding carboxylic acids is 1.